The van der Waals surface area contributed by atoms with Gasteiger partial charge < -0.3 is 4.74 Å². The molecule has 0 radical (unpaired) electrons. The van der Waals surface area contributed by atoms with Crippen LogP contribution in [0.15, 0.2) is 23.5 Å². The minimum absolute atomic E-state index is 0.960. The Morgan fingerprint density at radius 2 is 2.00 bits per heavy atom. The highest BCUT2D eigenvalue weighted by molar-refractivity contribution is 14.1. The molecule has 0 aliphatic rings. The monoisotopic (exact) mass is 252 g/mol. The summed E-state index contributed by atoms with van der Waals surface area (Å²) in [5.74, 6) is 0.960. The molecule has 0 aromatic heterocycles. The Kier molecular flexibility index (Phi) is 4.77. The van der Waals surface area contributed by atoms with Gasteiger partial charge in [-0.2, -0.15) is 0 Å². The highest BCUT2D eigenvalue weighted by Crippen LogP contribution is 2.14. The van der Waals surface area contributed by atoms with Gasteiger partial charge in [0.15, 0.2) is 0 Å². The fourth-order valence-electron chi connectivity index (χ4n) is 0.502. The van der Waals surface area contributed by atoms with E-state index in [9.17, 15) is 0 Å². The lowest BCUT2D eigenvalue weighted by atomic mass is 10.1. The van der Waals surface area contributed by atoms with Crippen molar-refractivity contribution >= 4 is 22.6 Å². The third kappa shape index (κ3) is 2.73. The minimum Gasteiger partial charge on any atom is -0.501 e. The summed E-state index contributed by atoms with van der Waals surface area (Å²) < 4.78 is 6.01. The van der Waals surface area contributed by atoms with Gasteiger partial charge in [-0.25, -0.2) is 0 Å². The highest BCUT2D eigenvalue weighted by atomic mass is 127. The average molecular weight is 252 g/mol. The van der Waals surface area contributed by atoms with Crippen molar-refractivity contribution in [1.29, 1.82) is 0 Å². The molecular weight excluding hydrogens is 239 g/mol. The average Bonchev–Trinajstić information content (AvgIpc) is 2.00. The summed E-state index contributed by atoms with van der Waals surface area (Å²) in [4.78, 5) is 0. The molecule has 0 saturated heterocycles. The Morgan fingerprint density at radius 3 is 2.30 bits per heavy atom. The van der Waals surface area contributed by atoms with Crippen LogP contribution in [0.25, 0.3) is 0 Å². The fourth-order valence-corrected chi connectivity index (χ4v) is 1.07. The first kappa shape index (κ1) is 10.0. The van der Waals surface area contributed by atoms with Crippen LogP contribution in [0.1, 0.15) is 13.8 Å². The van der Waals surface area contributed by atoms with E-state index < -0.39 is 0 Å². The van der Waals surface area contributed by atoms with Gasteiger partial charge in [-0.3, -0.25) is 0 Å². The molecule has 0 unspecified atom stereocenters. The van der Waals surface area contributed by atoms with E-state index in [2.05, 4.69) is 29.2 Å². The SMILES string of the molecule is C=C(CI)/C(C)=C(\C)OC. The van der Waals surface area contributed by atoms with Crippen molar-refractivity contribution in [2.45, 2.75) is 13.8 Å². The quantitative estimate of drug-likeness (QED) is 0.325. The Bertz CT molecular complexity index is 159. The van der Waals surface area contributed by atoms with E-state index in [0.717, 1.165) is 21.3 Å². The molecule has 0 aromatic carbocycles. The van der Waals surface area contributed by atoms with Crippen molar-refractivity contribution in [2.24, 2.45) is 0 Å². The number of rotatable bonds is 3. The van der Waals surface area contributed by atoms with Crippen molar-refractivity contribution in [3.8, 4) is 0 Å². The van der Waals surface area contributed by atoms with Gasteiger partial charge in [0.1, 0.15) is 0 Å². The van der Waals surface area contributed by atoms with E-state index in [1.165, 1.54) is 0 Å². The molecule has 10 heavy (non-hydrogen) atoms. The summed E-state index contributed by atoms with van der Waals surface area (Å²) in [6.45, 7) is 7.88. The third-order valence-electron chi connectivity index (χ3n) is 1.53. The van der Waals surface area contributed by atoms with E-state index in [1.807, 2.05) is 13.8 Å². The van der Waals surface area contributed by atoms with Gasteiger partial charge in [-0.1, -0.05) is 29.2 Å². The number of alkyl halides is 1. The van der Waals surface area contributed by atoms with Gasteiger partial charge in [-0.15, -0.1) is 0 Å². The summed E-state index contributed by atoms with van der Waals surface area (Å²) in [5.41, 5.74) is 2.30. The maximum atomic E-state index is 5.05. The number of hydrogen-bond donors (Lipinski definition) is 0. The largest absolute Gasteiger partial charge is 0.501 e. The zero-order valence-electron chi connectivity index (χ0n) is 6.70. The zero-order chi connectivity index (χ0) is 8.15. The highest BCUT2D eigenvalue weighted by Gasteiger charge is 1.98. The van der Waals surface area contributed by atoms with Crippen LogP contribution in [0, 0.1) is 0 Å². The third-order valence-corrected chi connectivity index (χ3v) is 2.45. The molecule has 0 saturated carbocycles. The molecule has 0 rings (SSSR count). The first-order valence-electron chi connectivity index (χ1n) is 3.09. The van der Waals surface area contributed by atoms with Crippen LogP contribution in [0.5, 0.6) is 0 Å². The molecule has 0 aromatic rings. The molecule has 0 heterocycles. The molecule has 0 atom stereocenters. The lowest BCUT2D eigenvalue weighted by Crippen LogP contribution is -1.91. The summed E-state index contributed by atoms with van der Waals surface area (Å²) >= 11 is 2.29. The molecule has 0 aliphatic heterocycles. The number of methoxy groups -OCH3 is 1. The summed E-state index contributed by atoms with van der Waals surface area (Å²) in [5, 5.41) is 0. The second kappa shape index (κ2) is 4.77. The molecule has 1 nitrogen and oxygen atoms in total. The Morgan fingerprint density at radius 1 is 1.50 bits per heavy atom. The lowest BCUT2D eigenvalue weighted by molar-refractivity contribution is 0.290. The van der Waals surface area contributed by atoms with E-state index in [-0.39, 0.29) is 0 Å². The first-order chi connectivity index (χ1) is 4.63. The van der Waals surface area contributed by atoms with Crippen molar-refractivity contribution < 1.29 is 4.74 Å². The van der Waals surface area contributed by atoms with Crippen molar-refractivity contribution in [2.75, 3.05) is 11.5 Å². The number of halogens is 1. The van der Waals surface area contributed by atoms with Crippen LogP contribution < -0.4 is 0 Å². The van der Waals surface area contributed by atoms with Crippen LogP contribution in [-0.2, 0) is 4.74 Å². The standard InChI is InChI=1S/C8H13IO/c1-6(5-9)7(2)8(3)10-4/h1,5H2,2-4H3/b8-7+. The van der Waals surface area contributed by atoms with E-state index in [4.69, 9.17) is 4.74 Å². The van der Waals surface area contributed by atoms with Crippen molar-refractivity contribution in [3.63, 3.8) is 0 Å². The van der Waals surface area contributed by atoms with E-state index in [1.54, 1.807) is 7.11 Å². The Hall–Kier alpha value is 0.01000. The summed E-state index contributed by atoms with van der Waals surface area (Å²) in [6, 6.07) is 0. The lowest BCUT2D eigenvalue weighted by Gasteiger charge is -2.06. The van der Waals surface area contributed by atoms with Gasteiger partial charge in [0, 0.05) is 4.43 Å². The topological polar surface area (TPSA) is 9.23 Å². The molecule has 0 fully saturated rings. The molecule has 0 bridgehead atoms. The predicted octanol–water partition coefficient (Wildman–Crippen LogP) is 2.92. The van der Waals surface area contributed by atoms with Crippen LogP contribution in [0.4, 0.5) is 0 Å². The van der Waals surface area contributed by atoms with E-state index in [0.29, 0.717) is 0 Å². The van der Waals surface area contributed by atoms with Crippen LogP contribution in [0.2, 0.25) is 0 Å². The number of hydrogen-bond acceptors (Lipinski definition) is 1. The molecule has 0 aliphatic carbocycles. The number of ether oxygens (including phenoxy) is 1. The van der Waals surface area contributed by atoms with Crippen LogP contribution in [0.3, 0.4) is 0 Å². The van der Waals surface area contributed by atoms with Crippen molar-refractivity contribution in [1.82, 2.24) is 0 Å². The van der Waals surface area contributed by atoms with Crippen LogP contribution >= 0.6 is 22.6 Å². The summed E-state index contributed by atoms with van der Waals surface area (Å²) in [6.07, 6.45) is 0. The molecule has 0 N–H and O–H groups in total. The predicted molar refractivity (Wildman–Crippen MR) is 53.4 cm³/mol. The molecular formula is C8H13IO. The van der Waals surface area contributed by atoms with Gasteiger partial charge >= 0.3 is 0 Å². The molecule has 0 spiro atoms. The van der Waals surface area contributed by atoms with Gasteiger partial charge in [-0.05, 0) is 25.0 Å². The Balaban J connectivity index is 4.30. The fraction of sp³-hybridized carbons (Fsp3) is 0.500. The molecule has 58 valence electrons. The zero-order valence-corrected chi connectivity index (χ0v) is 8.86. The molecule has 0 amide bonds. The molecule has 2 heteroatoms. The van der Waals surface area contributed by atoms with Crippen LogP contribution in [-0.4, -0.2) is 11.5 Å². The van der Waals surface area contributed by atoms with Gasteiger partial charge in [0.2, 0.25) is 0 Å². The van der Waals surface area contributed by atoms with Gasteiger partial charge in [0.25, 0.3) is 0 Å². The minimum atomic E-state index is 0.960. The normalized spacial score (nSPS) is 12.4. The Labute approximate surface area is 76.3 Å². The van der Waals surface area contributed by atoms with E-state index >= 15 is 0 Å². The van der Waals surface area contributed by atoms with Crippen molar-refractivity contribution in [3.05, 3.63) is 23.5 Å². The smallest absolute Gasteiger partial charge is 0.0956 e. The number of allylic oxidation sites excluding steroid dienone is 3. The second-order valence-corrected chi connectivity index (χ2v) is 2.89. The first-order valence-corrected chi connectivity index (χ1v) is 4.61. The van der Waals surface area contributed by atoms with Gasteiger partial charge in [0.05, 0.1) is 12.9 Å². The second-order valence-electron chi connectivity index (χ2n) is 2.12. The summed E-state index contributed by atoms with van der Waals surface area (Å²) in [7, 11) is 1.68. The maximum absolute atomic E-state index is 5.05. The maximum Gasteiger partial charge on any atom is 0.0956 e.